The Labute approximate surface area is 174 Å². The molecule has 0 aliphatic carbocycles. The van der Waals surface area contributed by atoms with Gasteiger partial charge in [0.25, 0.3) is 0 Å². The van der Waals surface area contributed by atoms with Crippen molar-refractivity contribution in [1.82, 2.24) is 29.7 Å². The van der Waals surface area contributed by atoms with Gasteiger partial charge in [-0.1, -0.05) is 30.3 Å². The van der Waals surface area contributed by atoms with Crippen molar-refractivity contribution < 1.29 is 5.11 Å². The highest BCUT2D eigenvalue weighted by Gasteiger charge is 2.21. The molecule has 1 saturated heterocycles. The van der Waals surface area contributed by atoms with Crippen LogP contribution in [0.25, 0.3) is 16.8 Å². The molecule has 1 aliphatic rings. The molecule has 4 heterocycles. The summed E-state index contributed by atoms with van der Waals surface area (Å²) in [6.07, 6.45) is 7.73. The highest BCUT2D eigenvalue weighted by atomic mass is 16.3. The fourth-order valence-electron chi connectivity index (χ4n) is 4.19. The molecule has 2 unspecified atom stereocenters. The van der Waals surface area contributed by atoms with Gasteiger partial charge in [0.2, 0.25) is 0 Å². The Morgan fingerprint density at radius 3 is 2.83 bits per heavy atom. The van der Waals surface area contributed by atoms with Gasteiger partial charge < -0.3 is 16.2 Å². The summed E-state index contributed by atoms with van der Waals surface area (Å²) in [4.78, 5) is 4.92. The summed E-state index contributed by atoms with van der Waals surface area (Å²) in [6.45, 7) is 1.93. The van der Waals surface area contributed by atoms with E-state index in [-0.39, 0.29) is 12.6 Å². The van der Waals surface area contributed by atoms with Crippen molar-refractivity contribution >= 4 is 11.5 Å². The Balaban J connectivity index is 1.53. The van der Waals surface area contributed by atoms with Gasteiger partial charge in [0.1, 0.15) is 5.82 Å². The predicted molar refractivity (Wildman–Crippen MR) is 115 cm³/mol. The highest BCUT2D eigenvalue weighted by molar-refractivity contribution is 5.77. The molecule has 1 fully saturated rings. The van der Waals surface area contributed by atoms with E-state index in [1.165, 1.54) is 0 Å². The molecule has 2 atom stereocenters. The fraction of sp³-hybridized carbons (Fsp3) is 0.318. The maximum absolute atomic E-state index is 9.95. The lowest BCUT2D eigenvalue weighted by molar-refractivity contribution is 0.241. The largest absolute Gasteiger partial charge is 0.394 e. The van der Waals surface area contributed by atoms with E-state index >= 15 is 0 Å². The van der Waals surface area contributed by atoms with Crippen LogP contribution in [0.3, 0.4) is 0 Å². The quantitative estimate of drug-likeness (QED) is 0.472. The predicted octanol–water partition coefficient (Wildman–Crippen LogP) is 2.22. The van der Waals surface area contributed by atoms with Crippen LogP contribution in [0.4, 0.5) is 5.82 Å². The summed E-state index contributed by atoms with van der Waals surface area (Å²) in [5.41, 5.74) is 10.8. The van der Waals surface area contributed by atoms with E-state index in [0.717, 1.165) is 54.0 Å². The van der Waals surface area contributed by atoms with Crippen molar-refractivity contribution in [2.75, 3.05) is 25.4 Å². The minimum Gasteiger partial charge on any atom is -0.394 e. The van der Waals surface area contributed by atoms with Crippen molar-refractivity contribution in [3.63, 3.8) is 0 Å². The fourth-order valence-corrected chi connectivity index (χ4v) is 4.19. The van der Waals surface area contributed by atoms with Gasteiger partial charge in [0, 0.05) is 35.9 Å². The van der Waals surface area contributed by atoms with Gasteiger partial charge >= 0.3 is 0 Å². The molecule has 4 N–H and O–H groups in total. The Bertz CT molecular complexity index is 1140. The molecular weight excluding hydrogens is 378 g/mol. The number of nitrogens with zero attached hydrogens (tertiary/aromatic N) is 5. The van der Waals surface area contributed by atoms with Gasteiger partial charge in [-0.05, 0) is 24.9 Å². The van der Waals surface area contributed by atoms with E-state index in [1.807, 2.05) is 42.6 Å². The van der Waals surface area contributed by atoms with Crippen LogP contribution in [0.15, 0.2) is 55.0 Å². The van der Waals surface area contributed by atoms with Crippen molar-refractivity contribution in [3.8, 4) is 11.1 Å². The zero-order valence-corrected chi connectivity index (χ0v) is 16.6. The first-order valence-electron chi connectivity index (χ1n) is 10.3. The molecule has 0 radical (unpaired) electrons. The van der Waals surface area contributed by atoms with E-state index in [0.29, 0.717) is 11.7 Å². The molecule has 5 rings (SSSR count). The van der Waals surface area contributed by atoms with E-state index < -0.39 is 0 Å². The third kappa shape index (κ3) is 3.34. The van der Waals surface area contributed by atoms with E-state index in [9.17, 15) is 5.11 Å². The Morgan fingerprint density at radius 1 is 1.20 bits per heavy atom. The smallest absolute Gasteiger partial charge is 0.165 e. The van der Waals surface area contributed by atoms with Gasteiger partial charge in [-0.3, -0.25) is 4.68 Å². The van der Waals surface area contributed by atoms with Crippen LogP contribution in [0.2, 0.25) is 0 Å². The summed E-state index contributed by atoms with van der Waals surface area (Å²) >= 11 is 0. The van der Waals surface area contributed by atoms with Gasteiger partial charge in [0.05, 0.1) is 30.7 Å². The lowest BCUT2D eigenvalue weighted by Gasteiger charge is -2.22. The van der Waals surface area contributed by atoms with Crippen molar-refractivity contribution in [3.05, 3.63) is 66.2 Å². The average molecular weight is 403 g/mol. The molecule has 8 nitrogen and oxygen atoms in total. The number of hydrogen-bond acceptors (Lipinski definition) is 6. The number of anilines is 1. The van der Waals surface area contributed by atoms with Crippen LogP contribution in [0.1, 0.15) is 36.1 Å². The summed E-state index contributed by atoms with van der Waals surface area (Å²) in [5.74, 6) is 0.935. The first kappa shape index (κ1) is 18.8. The number of nitrogen functional groups attached to an aromatic ring is 1. The van der Waals surface area contributed by atoms with Gasteiger partial charge in [0.15, 0.2) is 5.65 Å². The monoisotopic (exact) mass is 403 g/mol. The molecule has 8 heteroatoms. The number of aliphatic hydroxyl groups is 1. The Morgan fingerprint density at radius 2 is 2.07 bits per heavy atom. The number of aliphatic hydroxyl groups excluding tert-OH is 1. The molecule has 30 heavy (non-hydrogen) atoms. The topological polar surface area (TPSA) is 106 Å². The number of nitrogens with one attached hydrogen (secondary N) is 1. The standard InChI is InChI=1S/C22H25N7O/c23-21-9-19(16-7-4-8-24-10-16)27-22-18(12-26-29(21)22)17-11-25-28(13-17)20(14-30)15-5-2-1-3-6-15/h1-3,5-6,9,11-13,16,20,24,30H,4,7-8,10,14,23H2. The van der Waals surface area contributed by atoms with Crippen molar-refractivity contribution in [2.24, 2.45) is 0 Å². The van der Waals surface area contributed by atoms with Gasteiger partial charge in [-0.15, -0.1) is 0 Å². The maximum Gasteiger partial charge on any atom is 0.165 e. The lowest BCUT2D eigenvalue weighted by Crippen LogP contribution is -2.29. The molecule has 0 amide bonds. The van der Waals surface area contributed by atoms with Crippen LogP contribution in [0.5, 0.6) is 0 Å². The van der Waals surface area contributed by atoms with Crippen LogP contribution in [0, 0.1) is 0 Å². The number of fused-ring (bicyclic) bond motifs is 1. The zero-order chi connectivity index (χ0) is 20.5. The minimum atomic E-state index is -0.247. The number of benzene rings is 1. The van der Waals surface area contributed by atoms with E-state index in [2.05, 4.69) is 15.5 Å². The SMILES string of the molecule is Nc1cc(C2CCCNC2)nc2c(-c3cnn(C(CO)c4ccccc4)c3)cnn12. The Kier molecular flexibility index (Phi) is 4.94. The van der Waals surface area contributed by atoms with Gasteiger partial charge in [-0.2, -0.15) is 14.7 Å². The average Bonchev–Trinajstić information content (AvgIpc) is 3.43. The molecule has 1 aromatic carbocycles. The highest BCUT2D eigenvalue weighted by Crippen LogP contribution is 2.29. The van der Waals surface area contributed by atoms with Crippen LogP contribution in [-0.4, -0.2) is 49.2 Å². The molecule has 0 bridgehead atoms. The van der Waals surface area contributed by atoms with E-state index in [1.54, 1.807) is 21.6 Å². The Hall–Kier alpha value is -3.23. The summed E-state index contributed by atoms with van der Waals surface area (Å²) in [7, 11) is 0. The number of hydrogen-bond donors (Lipinski definition) is 3. The van der Waals surface area contributed by atoms with Crippen LogP contribution in [-0.2, 0) is 0 Å². The third-order valence-electron chi connectivity index (χ3n) is 5.82. The van der Waals surface area contributed by atoms with Crippen molar-refractivity contribution in [1.29, 1.82) is 0 Å². The molecule has 3 aromatic heterocycles. The van der Waals surface area contributed by atoms with Crippen LogP contribution >= 0.6 is 0 Å². The second kappa shape index (κ2) is 7.89. The van der Waals surface area contributed by atoms with Crippen molar-refractivity contribution in [2.45, 2.75) is 24.8 Å². The maximum atomic E-state index is 9.95. The first-order valence-corrected chi connectivity index (χ1v) is 10.3. The first-order chi connectivity index (χ1) is 14.7. The molecular formula is C22H25N7O. The third-order valence-corrected chi connectivity index (χ3v) is 5.82. The minimum absolute atomic E-state index is 0.0378. The number of rotatable bonds is 5. The van der Waals surface area contributed by atoms with E-state index in [4.69, 9.17) is 10.7 Å². The molecule has 0 saturated carbocycles. The second-order valence-corrected chi connectivity index (χ2v) is 7.76. The summed E-state index contributed by atoms with van der Waals surface area (Å²) in [5, 5.41) is 22.3. The molecule has 4 aromatic rings. The normalized spacial score (nSPS) is 18.0. The zero-order valence-electron chi connectivity index (χ0n) is 16.6. The molecule has 1 aliphatic heterocycles. The summed E-state index contributed by atoms with van der Waals surface area (Å²) < 4.78 is 3.46. The molecule has 154 valence electrons. The second-order valence-electron chi connectivity index (χ2n) is 7.76. The lowest BCUT2D eigenvalue weighted by atomic mass is 9.96. The van der Waals surface area contributed by atoms with Crippen LogP contribution < -0.4 is 11.1 Å². The number of nitrogens with two attached hydrogens (primary N) is 1. The number of piperidine rings is 1. The molecule has 0 spiro atoms. The number of aromatic nitrogens is 5. The summed E-state index contributed by atoms with van der Waals surface area (Å²) in [6, 6.07) is 11.5. The van der Waals surface area contributed by atoms with Gasteiger partial charge in [-0.25, -0.2) is 4.98 Å².